The number of guanidine groups is 1. The predicted molar refractivity (Wildman–Crippen MR) is 132 cm³/mol. The zero-order valence-electron chi connectivity index (χ0n) is 18.7. The Bertz CT molecular complexity index is 668. The third-order valence-electron chi connectivity index (χ3n) is 4.39. The number of alkyl carbamates (subject to hydrolysis) is 1. The largest absolute Gasteiger partial charge is 0.497 e. The maximum Gasteiger partial charge on any atom is 0.407 e. The summed E-state index contributed by atoms with van der Waals surface area (Å²) in [6, 6.07) is 8.17. The summed E-state index contributed by atoms with van der Waals surface area (Å²) in [6.07, 6.45) is -0.411. The van der Waals surface area contributed by atoms with E-state index in [9.17, 15) is 4.79 Å². The molecule has 1 saturated heterocycles. The van der Waals surface area contributed by atoms with Gasteiger partial charge in [-0.25, -0.2) is 4.79 Å². The van der Waals surface area contributed by atoms with Gasteiger partial charge in [-0.3, -0.25) is 4.99 Å². The highest BCUT2D eigenvalue weighted by molar-refractivity contribution is 14.0. The lowest BCUT2D eigenvalue weighted by Crippen LogP contribution is -2.52. The molecule has 1 aromatic carbocycles. The number of hydrogen-bond acceptors (Lipinski definition) is 5. The van der Waals surface area contributed by atoms with Gasteiger partial charge in [0.15, 0.2) is 5.96 Å². The molecule has 0 bridgehead atoms. The van der Waals surface area contributed by atoms with Crippen molar-refractivity contribution in [2.24, 2.45) is 4.99 Å². The number of carbonyl (C=O) groups is 1. The minimum Gasteiger partial charge on any atom is -0.497 e. The van der Waals surface area contributed by atoms with E-state index in [2.05, 4.69) is 44.5 Å². The van der Waals surface area contributed by atoms with Gasteiger partial charge in [-0.15, -0.1) is 24.0 Å². The quantitative estimate of drug-likeness (QED) is 0.254. The molecular weight excluding hydrogens is 497 g/mol. The number of carbonyl (C=O) groups excluding carboxylic acids is 1. The molecule has 0 radical (unpaired) electrons. The molecule has 1 aliphatic rings. The molecule has 9 heteroatoms. The standard InChI is InChI=1S/C21H35N5O3.HI/c1-6-22-19(23-11-12-24-20(27)29-21(2,3)4)26-15-13-25(14-16-26)17-7-9-18(28-5)10-8-17;/h7-10H,6,11-16H2,1-5H3,(H,22,23)(H,24,27);1H. The van der Waals surface area contributed by atoms with Gasteiger partial charge in [0.05, 0.1) is 13.7 Å². The van der Waals surface area contributed by atoms with Crippen LogP contribution in [0.25, 0.3) is 0 Å². The summed E-state index contributed by atoms with van der Waals surface area (Å²) < 4.78 is 10.5. The molecule has 0 atom stereocenters. The average molecular weight is 533 g/mol. The number of methoxy groups -OCH3 is 1. The van der Waals surface area contributed by atoms with Crippen molar-refractivity contribution in [3.05, 3.63) is 24.3 Å². The normalized spacial score (nSPS) is 14.6. The Balaban J connectivity index is 0.00000450. The molecular formula is C21H36IN5O3. The third kappa shape index (κ3) is 8.85. The summed E-state index contributed by atoms with van der Waals surface area (Å²) in [5, 5.41) is 6.09. The van der Waals surface area contributed by atoms with E-state index in [1.807, 2.05) is 32.9 Å². The van der Waals surface area contributed by atoms with Crippen LogP contribution >= 0.6 is 24.0 Å². The van der Waals surface area contributed by atoms with Crippen LogP contribution in [0.4, 0.5) is 10.5 Å². The first-order valence-corrected chi connectivity index (χ1v) is 10.2. The smallest absolute Gasteiger partial charge is 0.407 e. The molecule has 2 rings (SSSR count). The number of rotatable bonds is 6. The zero-order valence-corrected chi connectivity index (χ0v) is 21.1. The number of ether oxygens (including phenoxy) is 2. The number of anilines is 1. The van der Waals surface area contributed by atoms with Gasteiger partial charge in [-0.1, -0.05) is 0 Å². The fraction of sp³-hybridized carbons (Fsp3) is 0.619. The first kappa shape index (κ1) is 26.1. The van der Waals surface area contributed by atoms with Crippen LogP contribution in [0.15, 0.2) is 29.3 Å². The summed E-state index contributed by atoms with van der Waals surface area (Å²) >= 11 is 0. The fourth-order valence-corrected chi connectivity index (χ4v) is 3.03. The van der Waals surface area contributed by atoms with E-state index in [0.717, 1.165) is 44.4 Å². The number of amides is 1. The lowest BCUT2D eigenvalue weighted by atomic mass is 10.2. The van der Waals surface area contributed by atoms with Crippen LogP contribution in [-0.4, -0.2) is 75.5 Å². The van der Waals surface area contributed by atoms with Crippen molar-refractivity contribution in [3.63, 3.8) is 0 Å². The highest BCUT2D eigenvalue weighted by Gasteiger charge is 2.20. The molecule has 0 aliphatic carbocycles. The summed E-state index contributed by atoms with van der Waals surface area (Å²) in [6.45, 7) is 13.0. The Morgan fingerprint density at radius 1 is 1.10 bits per heavy atom. The highest BCUT2D eigenvalue weighted by Crippen LogP contribution is 2.20. The van der Waals surface area contributed by atoms with Gasteiger partial charge < -0.3 is 29.9 Å². The van der Waals surface area contributed by atoms with Crippen molar-refractivity contribution < 1.29 is 14.3 Å². The van der Waals surface area contributed by atoms with Crippen LogP contribution in [0.1, 0.15) is 27.7 Å². The van der Waals surface area contributed by atoms with Crippen LogP contribution < -0.4 is 20.3 Å². The molecule has 0 unspecified atom stereocenters. The number of aliphatic imine (C=N–C) groups is 1. The molecule has 170 valence electrons. The first-order chi connectivity index (χ1) is 13.8. The van der Waals surface area contributed by atoms with Crippen molar-refractivity contribution in [1.82, 2.24) is 15.5 Å². The van der Waals surface area contributed by atoms with Crippen LogP contribution in [-0.2, 0) is 4.74 Å². The van der Waals surface area contributed by atoms with E-state index in [1.165, 1.54) is 5.69 Å². The number of halogens is 1. The lowest BCUT2D eigenvalue weighted by molar-refractivity contribution is 0.0529. The second kappa shape index (κ2) is 12.7. The second-order valence-corrected chi connectivity index (χ2v) is 7.84. The highest BCUT2D eigenvalue weighted by atomic mass is 127. The first-order valence-electron chi connectivity index (χ1n) is 10.2. The molecule has 0 aromatic heterocycles. The molecule has 0 spiro atoms. The number of hydrogen-bond donors (Lipinski definition) is 2. The number of nitrogens with one attached hydrogen (secondary N) is 2. The number of nitrogens with zero attached hydrogens (tertiary/aromatic N) is 3. The van der Waals surface area contributed by atoms with E-state index in [4.69, 9.17) is 9.47 Å². The Hall–Kier alpha value is -1.91. The van der Waals surface area contributed by atoms with Crippen molar-refractivity contribution in [2.45, 2.75) is 33.3 Å². The minimum atomic E-state index is -0.494. The van der Waals surface area contributed by atoms with Gasteiger partial charge in [-0.2, -0.15) is 0 Å². The summed E-state index contributed by atoms with van der Waals surface area (Å²) in [5.74, 6) is 1.75. The summed E-state index contributed by atoms with van der Waals surface area (Å²) in [7, 11) is 1.68. The molecule has 1 fully saturated rings. The minimum absolute atomic E-state index is 0. The van der Waals surface area contributed by atoms with Crippen LogP contribution in [0, 0.1) is 0 Å². The van der Waals surface area contributed by atoms with Gasteiger partial charge >= 0.3 is 6.09 Å². The molecule has 8 nitrogen and oxygen atoms in total. The van der Waals surface area contributed by atoms with Crippen molar-refractivity contribution in [3.8, 4) is 5.75 Å². The van der Waals surface area contributed by atoms with E-state index in [1.54, 1.807) is 7.11 Å². The van der Waals surface area contributed by atoms with Crippen LogP contribution in [0.3, 0.4) is 0 Å². The second-order valence-electron chi connectivity index (χ2n) is 7.84. The predicted octanol–water partition coefficient (Wildman–Crippen LogP) is 2.93. The monoisotopic (exact) mass is 533 g/mol. The molecule has 2 N–H and O–H groups in total. The molecule has 1 amide bonds. The van der Waals surface area contributed by atoms with Crippen LogP contribution in [0.2, 0.25) is 0 Å². The van der Waals surface area contributed by atoms with Gasteiger partial charge in [0.2, 0.25) is 0 Å². The van der Waals surface area contributed by atoms with E-state index < -0.39 is 11.7 Å². The zero-order chi connectivity index (χ0) is 21.3. The molecule has 1 heterocycles. The summed E-state index contributed by atoms with van der Waals surface area (Å²) in [4.78, 5) is 21.0. The van der Waals surface area contributed by atoms with E-state index in [-0.39, 0.29) is 24.0 Å². The van der Waals surface area contributed by atoms with Crippen molar-refractivity contribution in [1.29, 1.82) is 0 Å². The van der Waals surface area contributed by atoms with Crippen molar-refractivity contribution in [2.75, 3.05) is 57.8 Å². The number of benzene rings is 1. The Kier molecular flexibility index (Phi) is 11.1. The Labute approximate surface area is 197 Å². The van der Waals surface area contributed by atoms with Gasteiger partial charge in [0.1, 0.15) is 11.4 Å². The molecule has 1 aromatic rings. The third-order valence-corrected chi connectivity index (χ3v) is 4.39. The Morgan fingerprint density at radius 3 is 2.27 bits per heavy atom. The topological polar surface area (TPSA) is 78.4 Å². The average Bonchev–Trinajstić information content (AvgIpc) is 2.69. The summed E-state index contributed by atoms with van der Waals surface area (Å²) in [5.41, 5.74) is 0.709. The van der Waals surface area contributed by atoms with Crippen molar-refractivity contribution >= 4 is 41.7 Å². The van der Waals surface area contributed by atoms with Gasteiger partial charge in [0, 0.05) is 45.0 Å². The van der Waals surface area contributed by atoms with Gasteiger partial charge in [0.25, 0.3) is 0 Å². The molecule has 30 heavy (non-hydrogen) atoms. The SMILES string of the molecule is CCNC(=NCCNC(=O)OC(C)(C)C)N1CCN(c2ccc(OC)cc2)CC1.I. The molecule has 1 aliphatic heterocycles. The maximum absolute atomic E-state index is 11.7. The van der Waals surface area contributed by atoms with E-state index in [0.29, 0.717) is 13.1 Å². The van der Waals surface area contributed by atoms with Gasteiger partial charge in [-0.05, 0) is 52.0 Å². The lowest BCUT2D eigenvalue weighted by Gasteiger charge is -2.37. The van der Waals surface area contributed by atoms with Crippen LogP contribution in [0.5, 0.6) is 5.75 Å². The Morgan fingerprint density at radius 2 is 1.73 bits per heavy atom. The molecule has 0 saturated carbocycles. The maximum atomic E-state index is 11.7. The fourth-order valence-electron chi connectivity index (χ4n) is 3.03. The van der Waals surface area contributed by atoms with E-state index >= 15 is 0 Å². The number of piperazine rings is 1.